The molecule has 0 radical (unpaired) electrons. The lowest BCUT2D eigenvalue weighted by molar-refractivity contribution is 0.0972. The number of carbonyl (C=O) groups excluding carboxylic acids is 1. The molecule has 6 nitrogen and oxygen atoms in total. The van der Waals surface area contributed by atoms with Crippen LogP contribution >= 0.6 is 11.6 Å². The summed E-state index contributed by atoms with van der Waals surface area (Å²) in [5, 5.41) is 4.26. The van der Waals surface area contributed by atoms with Gasteiger partial charge in [0.15, 0.2) is 0 Å². The molecule has 1 saturated heterocycles. The van der Waals surface area contributed by atoms with Crippen molar-refractivity contribution in [3.05, 3.63) is 77.5 Å². The Balaban J connectivity index is 1.56. The van der Waals surface area contributed by atoms with Gasteiger partial charge in [0.05, 0.1) is 29.3 Å². The highest BCUT2D eigenvalue weighted by molar-refractivity contribution is 6.31. The highest BCUT2D eigenvalue weighted by Crippen LogP contribution is 2.39. The quantitative estimate of drug-likeness (QED) is 0.290. The number of rotatable bonds is 6. The van der Waals surface area contributed by atoms with E-state index in [2.05, 4.69) is 33.8 Å². The molecule has 1 amide bonds. The van der Waals surface area contributed by atoms with Crippen molar-refractivity contribution < 1.29 is 9.53 Å². The van der Waals surface area contributed by atoms with Crippen molar-refractivity contribution in [1.29, 1.82) is 0 Å². The van der Waals surface area contributed by atoms with E-state index in [9.17, 15) is 4.79 Å². The first-order valence-electron chi connectivity index (χ1n) is 12.3. The third-order valence-electron chi connectivity index (χ3n) is 6.89. The van der Waals surface area contributed by atoms with Crippen molar-refractivity contribution in [2.75, 3.05) is 19.7 Å². The number of hydrogen-bond acceptors (Lipinski definition) is 4. The molecule has 1 aliphatic rings. The molecule has 0 N–H and O–H groups in total. The van der Waals surface area contributed by atoms with Gasteiger partial charge in [-0.25, -0.2) is 14.8 Å². The Morgan fingerprint density at radius 3 is 2.86 bits per heavy atom. The van der Waals surface area contributed by atoms with Gasteiger partial charge in [-0.1, -0.05) is 0 Å². The summed E-state index contributed by atoms with van der Waals surface area (Å²) in [6.45, 7) is 4.52. The molecule has 2 aromatic heterocycles. The van der Waals surface area contributed by atoms with Crippen molar-refractivity contribution in [3.8, 4) is 0 Å². The molecule has 0 spiro atoms. The number of nitrogens with zero attached hydrogens (tertiary/aromatic N) is 4. The summed E-state index contributed by atoms with van der Waals surface area (Å²) >= 11 is 6.52. The van der Waals surface area contributed by atoms with Gasteiger partial charge in [-0.3, -0.25) is 0 Å². The molecule has 180 valence electrons. The van der Waals surface area contributed by atoms with Crippen molar-refractivity contribution in [2.45, 2.75) is 45.1 Å². The van der Waals surface area contributed by atoms with Gasteiger partial charge in [0.25, 0.3) is 0 Å². The number of amides is 1. The monoisotopic (exact) mass is 489 g/mol. The van der Waals surface area contributed by atoms with Crippen LogP contribution in [0.2, 0.25) is 5.02 Å². The lowest BCUT2D eigenvalue weighted by atomic mass is 9.86. The smallest absolute Gasteiger partial charge is 0.409 e. The van der Waals surface area contributed by atoms with Gasteiger partial charge in [0.1, 0.15) is 10.5 Å². The van der Waals surface area contributed by atoms with E-state index in [1.807, 2.05) is 48.9 Å². The minimum atomic E-state index is -0.218. The normalized spacial score (nSPS) is 14.5. The van der Waals surface area contributed by atoms with E-state index in [0.717, 1.165) is 48.2 Å². The number of fused-ring (bicyclic) bond motifs is 2. The molecule has 1 fully saturated rings. The summed E-state index contributed by atoms with van der Waals surface area (Å²) in [6.07, 6.45) is 11.0. The van der Waals surface area contributed by atoms with E-state index in [-0.39, 0.29) is 6.09 Å². The zero-order chi connectivity index (χ0) is 24.2. The van der Waals surface area contributed by atoms with E-state index in [4.69, 9.17) is 21.3 Å². The highest BCUT2D eigenvalue weighted by Gasteiger charge is 2.30. The molecule has 0 unspecified atom stereocenters. The van der Waals surface area contributed by atoms with Crippen LogP contribution in [0.25, 0.3) is 21.7 Å². The standard InChI is InChI=1S/C28H30ClN4O2/c1-2-35-28(34)33-14-9-20(10-15-33)26-24-8-7-23(29)18-25(24)21(6-4-13-32-16-12-30-19-32)17-22-5-3-11-31-27(22)26/h3,5,7-8,11-12,16-20H,2,4,6,9-10,13-15H2,1H3/q+1. The molecule has 2 aromatic carbocycles. The van der Waals surface area contributed by atoms with Crippen LogP contribution in [0.4, 0.5) is 4.79 Å². The topological polar surface area (TPSA) is 60.2 Å². The van der Waals surface area contributed by atoms with Crippen molar-refractivity contribution in [1.82, 2.24) is 19.4 Å². The lowest BCUT2D eigenvalue weighted by Gasteiger charge is -2.30. The fourth-order valence-corrected chi connectivity index (χ4v) is 5.40. The molecule has 3 heterocycles. The number of likely N-dealkylation sites (tertiary alicyclic amines) is 1. The molecule has 35 heavy (non-hydrogen) atoms. The second-order valence-electron chi connectivity index (χ2n) is 9.08. The second-order valence-corrected chi connectivity index (χ2v) is 9.52. The summed E-state index contributed by atoms with van der Waals surface area (Å²) in [5.74, 6) is 0.299. The summed E-state index contributed by atoms with van der Waals surface area (Å²) < 4.78 is 7.34. The van der Waals surface area contributed by atoms with Crippen molar-refractivity contribution in [3.63, 3.8) is 0 Å². The van der Waals surface area contributed by atoms with Gasteiger partial charge in [-0.15, -0.1) is 0 Å². The highest BCUT2D eigenvalue weighted by atomic mass is 35.5. The molecule has 0 bridgehead atoms. The fraction of sp³-hybridized carbons (Fsp3) is 0.357. The Kier molecular flexibility index (Phi) is 7.09. The maximum absolute atomic E-state index is 12.3. The molecular formula is C28H30ClN4O2+. The zero-order valence-electron chi connectivity index (χ0n) is 20.0. The summed E-state index contributed by atoms with van der Waals surface area (Å²) in [5.41, 5.74) is 3.57. The first kappa shape index (κ1) is 23.5. The Labute approximate surface area is 210 Å². The Hall–Kier alpha value is -3.25. The van der Waals surface area contributed by atoms with Crippen molar-refractivity contribution >= 4 is 39.4 Å². The van der Waals surface area contributed by atoms with E-state index in [1.165, 1.54) is 21.9 Å². The van der Waals surface area contributed by atoms with E-state index >= 15 is 0 Å². The number of pyridine rings is 1. The van der Waals surface area contributed by atoms with Crippen LogP contribution in [0, 0.1) is 0 Å². The Bertz CT molecular complexity index is 1340. The number of halogens is 1. The van der Waals surface area contributed by atoms with Gasteiger partial charge < -0.3 is 14.2 Å². The Morgan fingerprint density at radius 2 is 2.09 bits per heavy atom. The van der Waals surface area contributed by atoms with Gasteiger partial charge >= 0.3 is 6.09 Å². The minimum absolute atomic E-state index is 0.218. The second kappa shape index (κ2) is 10.6. The van der Waals surface area contributed by atoms with Gasteiger partial charge in [-0.2, -0.15) is 0 Å². The van der Waals surface area contributed by atoms with E-state index < -0.39 is 0 Å². The number of aromatic nitrogens is 3. The number of ether oxygens (including phenoxy) is 1. The van der Waals surface area contributed by atoms with E-state index in [0.29, 0.717) is 25.6 Å². The largest absolute Gasteiger partial charge is 0.450 e. The molecule has 7 heteroatoms. The molecular weight excluding hydrogens is 460 g/mol. The first-order valence-corrected chi connectivity index (χ1v) is 12.7. The predicted octanol–water partition coefficient (Wildman–Crippen LogP) is 6.49. The minimum Gasteiger partial charge on any atom is -0.450 e. The van der Waals surface area contributed by atoms with Crippen LogP contribution in [0.5, 0.6) is 0 Å². The molecule has 4 aromatic rings. The molecule has 5 rings (SSSR count). The predicted molar refractivity (Wildman–Crippen MR) is 140 cm³/mol. The summed E-state index contributed by atoms with van der Waals surface area (Å²) in [7, 11) is 0. The van der Waals surface area contributed by atoms with Crippen LogP contribution in [0.3, 0.4) is 0 Å². The number of imidazole rings is 1. The number of piperidine rings is 1. The molecule has 0 saturated carbocycles. The zero-order valence-corrected chi connectivity index (χ0v) is 20.7. The average molecular weight is 490 g/mol. The Morgan fingerprint density at radius 1 is 1.23 bits per heavy atom. The van der Waals surface area contributed by atoms with Crippen LogP contribution in [0.15, 0.2) is 61.3 Å². The molecule has 0 atom stereocenters. The third-order valence-corrected chi connectivity index (χ3v) is 7.13. The maximum Gasteiger partial charge on any atom is 0.409 e. The van der Waals surface area contributed by atoms with E-state index in [1.54, 1.807) is 0 Å². The van der Waals surface area contributed by atoms with Gasteiger partial charge in [0, 0.05) is 79.4 Å². The number of benzene rings is 1. The lowest BCUT2D eigenvalue weighted by Crippen LogP contribution is -2.38. The third kappa shape index (κ3) is 5.08. The average Bonchev–Trinajstić information content (AvgIpc) is 3.35. The van der Waals surface area contributed by atoms with Gasteiger partial charge in [-0.05, 0) is 56.3 Å². The summed E-state index contributed by atoms with van der Waals surface area (Å²) in [4.78, 5) is 23.1. The molecule has 1 aliphatic heterocycles. The molecule has 0 aliphatic carbocycles. The number of hydrogen-bond donors (Lipinski definition) is 0. The van der Waals surface area contributed by atoms with Crippen LogP contribution in [-0.2, 0) is 17.7 Å². The van der Waals surface area contributed by atoms with Crippen LogP contribution in [0.1, 0.15) is 43.2 Å². The first-order chi connectivity index (χ1) is 17.1. The van der Waals surface area contributed by atoms with Crippen LogP contribution in [-0.4, -0.2) is 45.2 Å². The fourth-order valence-electron chi connectivity index (χ4n) is 5.23. The number of carbonyl (C=O) groups is 1. The SMILES string of the molecule is CCOC(=O)N1CCC(c2c3ncccc3cc(CCCn3ccnc3)[c+]3cc(Cl)ccc23)CC1. The number of aryl methyl sites for hydroxylation is 2. The van der Waals surface area contributed by atoms with Crippen LogP contribution < -0.4 is 0 Å². The maximum atomic E-state index is 12.3. The van der Waals surface area contributed by atoms with Crippen molar-refractivity contribution in [2.24, 2.45) is 0 Å². The van der Waals surface area contributed by atoms with Gasteiger partial charge in [0.2, 0.25) is 0 Å². The summed E-state index contributed by atoms with van der Waals surface area (Å²) in [6, 6.07) is 12.7.